The van der Waals surface area contributed by atoms with Crippen LogP contribution in [0.25, 0.3) is 0 Å². The van der Waals surface area contributed by atoms with Crippen molar-refractivity contribution in [2.45, 2.75) is 0 Å². The average Bonchev–Trinajstić information content (AvgIpc) is 2.33. The highest BCUT2D eigenvalue weighted by Crippen LogP contribution is 2.18. The van der Waals surface area contributed by atoms with Crippen LogP contribution in [0.2, 0.25) is 0 Å². The summed E-state index contributed by atoms with van der Waals surface area (Å²) in [5, 5.41) is 8.73. The Kier molecular flexibility index (Phi) is 2.56. The maximum atomic E-state index is 11.5. The lowest BCUT2D eigenvalue weighted by Gasteiger charge is -2.25. The van der Waals surface area contributed by atoms with Crippen LogP contribution >= 0.6 is 0 Å². The van der Waals surface area contributed by atoms with Crippen molar-refractivity contribution in [3.05, 3.63) is 29.8 Å². The van der Waals surface area contributed by atoms with Crippen LogP contribution < -0.4 is 4.90 Å². The molecule has 2 rings (SSSR count). The molecule has 1 fully saturated rings. The molecule has 0 radical (unpaired) electrons. The first-order chi connectivity index (χ1) is 7.72. The highest BCUT2D eigenvalue weighted by Gasteiger charge is 2.29. The molecule has 5 heteroatoms. The van der Waals surface area contributed by atoms with Crippen LogP contribution in [0.1, 0.15) is 5.56 Å². The number of anilines is 1. The summed E-state index contributed by atoms with van der Waals surface area (Å²) in [4.78, 5) is 23.9. The minimum Gasteiger partial charge on any atom is -0.457 e. The summed E-state index contributed by atoms with van der Waals surface area (Å²) in [5.74, 6) is -1.55. The molecule has 0 bridgehead atoms. The maximum absolute atomic E-state index is 11.5. The van der Waals surface area contributed by atoms with E-state index in [1.165, 1.54) is 4.90 Å². The van der Waals surface area contributed by atoms with Crippen LogP contribution in [0, 0.1) is 11.3 Å². The zero-order valence-electron chi connectivity index (χ0n) is 8.34. The highest BCUT2D eigenvalue weighted by atomic mass is 16.5. The van der Waals surface area contributed by atoms with E-state index >= 15 is 0 Å². The number of rotatable bonds is 1. The Labute approximate surface area is 91.8 Å². The predicted molar refractivity (Wildman–Crippen MR) is 54.5 cm³/mol. The van der Waals surface area contributed by atoms with Gasteiger partial charge in [0.15, 0.2) is 0 Å². The van der Waals surface area contributed by atoms with Crippen molar-refractivity contribution in [2.75, 3.05) is 18.1 Å². The summed E-state index contributed by atoms with van der Waals surface area (Å²) in [6.07, 6.45) is 0. The smallest absolute Gasteiger partial charge is 0.397 e. The molecule has 0 spiro atoms. The Bertz CT molecular complexity index is 490. The van der Waals surface area contributed by atoms with Gasteiger partial charge in [0.25, 0.3) is 0 Å². The number of nitriles is 1. The van der Waals surface area contributed by atoms with Crippen LogP contribution in [0.4, 0.5) is 5.69 Å². The highest BCUT2D eigenvalue weighted by molar-refractivity contribution is 6.38. The van der Waals surface area contributed by atoms with E-state index < -0.39 is 11.9 Å². The Balaban J connectivity index is 2.33. The molecule has 1 heterocycles. The summed E-state index contributed by atoms with van der Waals surface area (Å²) in [7, 11) is 0. The van der Waals surface area contributed by atoms with Gasteiger partial charge in [0.05, 0.1) is 18.2 Å². The number of nitrogens with zero attached hydrogens (tertiary/aromatic N) is 2. The Morgan fingerprint density at radius 1 is 1.38 bits per heavy atom. The van der Waals surface area contributed by atoms with Crippen LogP contribution in [0.15, 0.2) is 24.3 Å². The van der Waals surface area contributed by atoms with Gasteiger partial charge in [-0.25, -0.2) is 4.79 Å². The van der Waals surface area contributed by atoms with E-state index in [0.29, 0.717) is 17.8 Å². The molecule has 1 aromatic carbocycles. The number of hydrogen-bond acceptors (Lipinski definition) is 4. The van der Waals surface area contributed by atoms with Crippen molar-refractivity contribution in [1.29, 1.82) is 5.26 Å². The molecule has 5 nitrogen and oxygen atoms in total. The molecule has 1 saturated heterocycles. The molecule has 1 amide bonds. The largest absolute Gasteiger partial charge is 0.457 e. The van der Waals surface area contributed by atoms with E-state index in [1.807, 2.05) is 6.07 Å². The minimum absolute atomic E-state index is 0.182. The predicted octanol–water partition coefficient (Wildman–Crippen LogP) is 0.448. The van der Waals surface area contributed by atoms with Crippen molar-refractivity contribution in [3.8, 4) is 6.07 Å². The number of carbonyl (C=O) groups excluding carboxylic acids is 2. The molecule has 1 aromatic rings. The third-order valence-corrected chi connectivity index (χ3v) is 2.25. The Morgan fingerprint density at radius 2 is 2.19 bits per heavy atom. The summed E-state index contributed by atoms with van der Waals surface area (Å²) < 4.78 is 4.60. The van der Waals surface area contributed by atoms with Gasteiger partial charge < -0.3 is 4.74 Å². The third-order valence-electron chi connectivity index (χ3n) is 2.25. The van der Waals surface area contributed by atoms with Crippen molar-refractivity contribution in [2.24, 2.45) is 0 Å². The van der Waals surface area contributed by atoms with Crippen molar-refractivity contribution in [3.63, 3.8) is 0 Å². The van der Waals surface area contributed by atoms with Gasteiger partial charge in [-0.3, -0.25) is 9.69 Å². The van der Waals surface area contributed by atoms with Gasteiger partial charge in [-0.15, -0.1) is 0 Å². The molecule has 0 N–H and O–H groups in total. The van der Waals surface area contributed by atoms with Gasteiger partial charge >= 0.3 is 11.9 Å². The number of benzene rings is 1. The summed E-state index contributed by atoms with van der Waals surface area (Å²) in [6, 6.07) is 8.53. The summed E-state index contributed by atoms with van der Waals surface area (Å²) in [6.45, 7) is 0.501. The molecule has 80 valence electrons. The van der Waals surface area contributed by atoms with E-state index in [9.17, 15) is 9.59 Å². The summed E-state index contributed by atoms with van der Waals surface area (Å²) >= 11 is 0. The fourth-order valence-corrected chi connectivity index (χ4v) is 1.49. The number of morpholine rings is 1. The zero-order valence-corrected chi connectivity index (χ0v) is 8.34. The van der Waals surface area contributed by atoms with Gasteiger partial charge in [-0.2, -0.15) is 5.26 Å². The van der Waals surface area contributed by atoms with Gasteiger partial charge in [0, 0.05) is 5.69 Å². The van der Waals surface area contributed by atoms with Gasteiger partial charge in [0.2, 0.25) is 0 Å². The number of esters is 1. The molecule has 1 aliphatic rings. The Hall–Kier alpha value is -2.35. The monoisotopic (exact) mass is 216 g/mol. The molecule has 1 aliphatic heterocycles. The van der Waals surface area contributed by atoms with Crippen molar-refractivity contribution >= 4 is 17.6 Å². The molecule has 0 unspecified atom stereocenters. The van der Waals surface area contributed by atoms with E-state index in [-0.39, 0.29) is 6.61 Å². The SMILES string of the molecule is N#Cc1cccc(N2CCOC(=O)C2=O)c1. The average molecular weight is 216 g/mol. The normalized spacial score (nSPS) is 15.6. The fourth-order valence-electron chi connectivity index (χ4n) is 1.49. The Morgan fingerprint density at radius 3 is 2.94 bits per heavy atom. The molecule has 0 atom stereocenters. The van der Waals surface area contributed by atoms with E-state index in [0.717, 1.165) is 0 Å². The molecular weight excluding hydrogens is 208 g/mol. The first-order valence-corrected chi connectivity index (χ1v) is 4.71. The lowest BCUT2D eigenvalue weighted by Crippen LogP contribution is -2.45. The number of carbonyl (C=O) groups is 2. The minimum atomic E-state index is -0.853. The molecule has 0 aliphatic carbocycles. The quantitative estimate of drug-likeness (QED) is 0.504. The fraction of sp³-hybridized carbons (Fsp3) is 0.182. The van der Waals surface area contributed by atoms with Crippen molar-refractivity contribution < 1.29 is 14.3 Å². The maximum Gasteiger partial charge on any atom is 0.397 e. The molecule has 0 saturated carbocycles. The van der Waals surface area contributed by atoms with Crippen molar-refractivity contribution in [1.82, 2.24) is 0 Å². The van der Waals surface area contributed by atoms with Crippen LogP contribution in [0.5, 0.6) is 0 Å². The molecule has 0 aromatic heterocycles. The second-order valence-electron chi connectivity index (χ2n) is 3.25. The first-order valence-electron chi connectivity index (χ1n) is 4.71. The van der Waals surface area contributed by atoms with Crippen LogP contribution in [-0.4, -0.2) is 25.0 Å². The third kappa shape index (κ3) is 1.73. The standard InChI is InChI=1S/C11H8N2O3/c12-7-8-2-1-3-9(6-8)13-4-5-16-11(15)10(13)14/h1-3,6H,4-5H2. The van der Waals surface area contributed by atoms with E-state index in [2.05, 4.69) is 4.74 Å². The van der Waals surface area contributed by atoms with Crippen LogP contribution in [-0.2, 0) is 14.3 Å². The topological polar surface area (TPSA) is 70.4 Å². The number of ether oxygens (including phenoxy) is 1. The molecular formula is C11H8N2O3. The zero-order chi connectivity index (χ0) is 11.5. The summed E-state index contributed by atoms with van der Waals surface area (Å²) in [5.41, 5.74) is 0.991. The van der Waals surface area contributed by atoms with Gasteiger partial charge in [-0.05, 0) is 18.2 Å². The second kappa shape index (κ2) is 4.03. The number of cyclic esters (lactones) is 1. The molecule has 16 heavy (non-hydrogen) atoms. The second-order valence-corrected chi connectivity index (χ2v) is 3.25. The first kappa shape index (κ1) is 10.2. The van der Waals surface area contributed by atoms with Gasteiger partial charge in [-0.1, -0.05) is 6.07 Å². The lowest BCUT2D eigenvalue weighted by atomic mass is 10.2. The van der Waals surface area contributed by atoms with E-state index in [1.54, 1.807) is 24.3 Å². The van der Waals surface area contributed by atoms with Gasteiger partial charge in [0.1, 0.15) is 6.61 Å². The number of hydrogen-bond donors (Lipinski definition) is 0. The number of amides is 1. The lowest BCUT2D eigenvalue weighted by molar-refractivity contribution is -0.156. The van der Waals surface area contributed by atoms with Crippen LogP contribution in [0.3, 0.4) is 0 Å². The van der Waals surface area contributed by atoms with E-state index in [4.69, 9.17) is 5.26 Å².